The Hall–Kier alpha value is -0.910. The first-order valence-electron chi connectivity index (χ1n) is 6.44. The van der Waals surface area contributed by atoms with Crippen molar-refractivity contribution >= 4 is 27.5 Å². The molecule has 2 atom stereocenters. The minimum atomic E-state index is 0.0318. The van der Waals surface area contributed by atoms with Crippen LogP contribution in [0.2, 0.25) is 0 Å². The molecule has 4 nitrogen and oxygen atoms in total. The number of ether oxygens (including phenoxy) is 1. The highest BCUT2D eigenvalue weighted by Crippen LogP contribution is 2.29. The number of amides is 1. The van der Waals surface area contributed by atoms with Crippen LogP contribution in [0.25, 0.3) is 0 Å². The summed E-state index contributed by atoms with van der Waals surface area (Å²) < 4.78 is 6.11. The van der Waals surface area contributed by atoms with Crippen molar-refractivity contribution in [3.8, 4) is 0 Å². The summed E-state index contributed by atoms with van der Waals surface area (Å²) in [5, 5.41) is 2.99. The fourth-order valence-corrected chi connectivity index (χ4v) is 2.94. The van der Waals surface area contributed by atoms with E-state index in [-0.39, 0.29) is 17.9 Å². The minimum absolute atomic E-state index is 0.0318. The maximum absolute atomic E-state index is 12.2. The molecule has 0 aromatic heterocycles. The molecule has 0 bridgehead atoms. The van der Waals surface area contributed by atoms with Crippen LogP contribution in [0.5, 0.6) is 0 Å². The van der Waals surface area contributed by atoms with Crippen molar-refractivity contribution in [2.45, 2.75) is 31.9 Å². The lowest BCUT2D eigenvalue weighted by Gasteiger charge is -2.15. The zero-order valence-corrected chi connectivity index (χ0v) is 12.6. The van der Waals surface area contributed by atoms with Crippen molar-refractivity contribution in [3.63, 3.8) is 0 Å². The highest BCUT2D eigenvalue weighted by atomic mass is 79.9. The summed E-state index contributed by atoms with van der Waals surface area (Å²) in [6, 6.07) is 5.90. The number of anilines is 1. The van der Waals surface area contributed by atoms with Gasteiger partial charge in [0.05, 0.1) is 6.61 Å². The maximum atomic E-state index is 12.2. The number of halogens is 1. The average molecular weight is 327 g/mol. The molecule has 19 heavy (non-hydrogen) atoms. The second-order valence-electron chi connectivity index (χ2n) is 4.96. The van der Waals surface area contributed by atoms with Crippen LogP contribution in [0.4, 0.5) is 5.69 Å². The Morgan fingerprint density at radius 2 is 2.32 bits per heavy atom. The van der Waals surface area contributed by atoms with Crippen molar-refractivity contribution in [1.29, 1.82) is 0 Å². The van der Waals surface area contributed by atoms with Crippen LogP contribution in [0.15, 0.2) is 22.7 Å². The van der Waals surface area contributed by atoms with Gasteiger partial charge in [0.25, 0.3) is 0 Å². The molecule has 0 radical (unpaired) electrons. The van der Waals surface area contributed by atoms with Crippen LogP contribution in [0.1, 0.15) is 24.8 Å². The SMILES string of the molecule is COCc1c(Br)cccc1NC(=O)C1CCC(N)C1. The zero-order chi connectivity index (χ0) is 13.8. The molecule has 1 aliphatic carbocycles. The largest absolute Gasteiger partial charge is 0.380 e. The summed E-state index contributed by atoms with van der Waals surface area (Å²) in [6.07, 6.45) is 2.58. The van der Waals surface area contributed by atoms with Crippen LogP contribution in [-0.4, -0.2) is 19.1 Å². The van der Waals surface area contributed by atoms with E-state index in [4.69, 9.17) is 10.5 Å². The van der Waals surface area contributed by atoms with Crippen LogP contribution in [0, 0.1) is 5.92 Å². The van der Waals surface area contributed by atoms with Crippen molar-refractivity contribution in [3.05, 3.63) is 28.2 Å². The summed E-state index contributed by atoms with van der Waals surface area (Å²) >= 11 is 3.48. The van der Waals surface area contributed by atoms with Crippen LogP contribution >= 0.6 is 15.9 Å². The summed E-state index contributed by atoms with van der Waals surface area (Å²) in [4.78, 5) is 12.2. The molecule has 1 saturated carbocycles. The number of nitrogens with two attached hydrogens (primary N) is 1. The van der Waals surface area contributed by atoms with Crippen molar-refractivity contribution < 1.29 is 9.53 Å². The highest BCUT2D eigenvalue weighted by Gasteiger charge is 2.28. The first kappa shape index (κ1) is 14.5. The minimum Gasteiger partial charge on any atom is -0.380 e. The molecular weight excluding hydrogens is 308 g/mol. The molecule has 1 aromatic carbocycles. The molecule has 2 rings (SSSR count). The summed E-state index contributed by atoms with van der Waals surface area (Å²) in [6.45, 7) is 0.460. The molecule has 0 spiro atoms. The molecule has 1 aromatic rings. The number of methoxy groups -OCH3 is 1. The number of hydrogen-bond acceptors (Lipinski definition) is 3. The van der Waals surface area contributed by atoms with Gasteiger partial charge in [0.2, 0.25) is 5.91 Å². The highest BCUT2D eigenvalue weighted by molar-refractivity contribution is 9.10. The smallest absolute Gasteiger partial charge is 0.227 e. The topological polar surface area (TPSA) is 64.3 Å². The Kier molecular flexibility index (Phi) is 4.96. The van der Waals surface area contributed by atoms with Gasteiger partial charge in [-0.15, -0.1) is 0 Å². The Bertz CT molecular complexity index is 465. The monoisotopic (exact) mass is 326 g/mol. The second kappa shape index (κ2) is 6.50. The van der Waals surface area contributed by atoms with Gasteiger partial charge in [0.15, 0.2) is 0 Å². The molecule has 104 valence electrons. The second-order valence-corrected chi connectivity index (χ2v) is 5.81. The lowest BCUT2D eigenvalue weighted by Crippen LogP contribution is -2.23. The van der Waals surface area contributed by atoms with Crippen LogP contribution < -0.4 is 11.1 Å². The van der Waals surface area contributed by atoms with Crippen molar-refractivity contribution in [2.75, 3.05) is 12.4 Å². The van der Waals surface area contributed by atoms with E-state index < -0.39 is 0 Å². The molecule has 1 amide bonds. The third kappa shape index (κ3) is 3.55. The number of carbonyl (C=O) groups excluding carboxylic acids is 1. The lowest BCUT2D eigenvalue weighted by atomic mass is 10.1. The van der Waals surface area contributed by atoms with Crippen molar-refractivity contribution in [2.24, 2.45) is 11.7 Å². The number of carbonyl (C=O) groups is 1. The third-order valence-corrected chi connectivity index (χ3v) is 4.25. The fraction of sp³-hybridized carbons (Fsp3) is 0.500. The molecular formula is C14H19BrN2O2. The van der Waals surface area contributed by atoms with Gasteiger partial charge in [-0.05, 0) is 31.4 Å². The van der Waals surface area contributed by atoms with E-state index in [9.17, 15) is 4.79 Å². The zero-order valence-electron chi connectivity index (χ0n) is 11.0. The molecule has 3 N–H and O–H groups in total. The van der Waals surface area contributed by atoms with Gasteiger partial charge in [0.1, 0.15) is 0 Å². The normalized spacial score (nSPS) is 22.5. The fourth-order valence-electron chi connectivity index (χ4n) is 2.46. The van der Waals surface area contributed by atoms with E-state index >= 15 is 0 Å². The molecule has 0 saturated heterocycles. The number of rotatable bonds is 4. The molecule has 1 aliphatic rings. The van der Waals surface area contributed by atoms with E-state index in [1.807, 2.05) is 18.2 Å². The standard InChI is InChI=1S/C14H19BrN2O2/c1-19-8-11-12(15)3-2-4-13(11)17-14(18)9-5-6-10(16)7-9/h2-4,9-10H,5-8,16H2,1H3,(H,17,18). The van der Waals surface area contributed by atoms with E-state index in [1.165, 1.54) is 0 Å². The van der Waals surface area contributed by atoms with Crippen LogP contribution in [-0.2, 0) is 16.1 Å². The quantitative estimate of drug-likeness (QED) is 0.894. The Morgan fingerprint density at radius 1 is 1.53 bits per heavy atom. The number of hydrogen-bond donors (Lipinski definition) is 2. The molecule has 0 heterocycles. The molecule has 2 unspecified atom stereocenters. The third-order valence-electron chi connectivity index (χ3n) is 3.51. The predicted octanol–water partition coefficient (Wildman–Crippen LogP) is 2.66. The van der Waals surface area contributed by atoms with E-state index in [0.29, 0.717) is 6.61 Å². The van der Waals surface area contributed by atoms with Gasteiger partial charge in [0, 0.05) is 34.8 Å². The van der Waals surface area contributed by atoms with Gasteiger partial charge in [-0.1, -0.05) is 22.0 Å². The molecule has 5 heteroatoms. The Labute approximate surface area is 121 Å². The Morgan fingerprint density at radius 3 is 2.95 bits per heavy atom. The molecule has 0 aliphatic heterocycles. The van der Waals surface area contributed by atoms with Gasteiger partial charge < -0.3 is 15.8 Å². The molecule has 1 fully saturated rings. The van der Waals surface area contributed by atoms with Crippen molar-refractivity contribution in [1.82, 2.24) is 0 Å². The Balaban J connectivity index is 2.10. The number of nitrogens with one attached hydrogen (secondary N) is 1. The summed E-state index contributed by atoms with van der Waals surface area (Å²) in [5.41, 5.74) is 7.62. The van der Waals surface area contributed by atoms with Gasteiger partial charge in [-0.2, -0.15) is 0 Å². The predicted molar refractivity (Wildman–Crippen MR) is 78.8 cm³/mol. The van der Waals surface area contributed by atoms with Gasteiger partial charge in [-0.25, -0.2) is 0 Å². The summed E-state index contributed by atoms with van der Waals surface area (Å²) in [7, 11) is 1.64. The lowest BCUT2D eigenvalue weighted by molar-refractivity contribution is -0.119. The van der Waals surface area contributed by atoms with Gasteiger partial charge >= 0.3 is 0 Å². The first-order valence-corrected chi connectivity index (χ1v) is 7.24. The first-order chi connectivity index (χ1) is 9.11. The van der Waals surface area contributed by atoms with Crippen LogP contribution in [0.3, 0.4) is 0 Å². The van der Waals surface area contributed by atoms with E-state index in [0.717, 1.165) is 35.0 Å². The van der Waals surface area contributed by atoms with E-state index in [2.05, 4.69) is 21.2 Å². The van der Waals surface area contributed by atoms with E-state index in [1.54, 1.807) is 7.11 Å². The van der Waals surface area contributed by atoms with Gasteiger partial charge in [-0.3, -0.25) is 4.79 Å². The summed E-state index contributed by atoms with van der Waals surface area (Å²) in [5.74, 6) is 0.0905. The maximum Gasteiger partial charge on any atom is 0.227 e. The average Bonchev–Trinajstić information content (AvgIpc) is 2.80. The number of benzene rings is 1.